The summed E-state index contributed by atoms with van der Waals surface area (Å²) in [7, 11) is 0. The average Bonchev–Trinajstić information content (AvgIpc) is 3.20. The van der Waals surface area contributed by atoms with Gasteiger partial charge in [-0.25, -0.2) is 0 Å². The number of hydrogen-bond donors (Lipinski definition) is 1. The molecule has 1 aliphatic carbocycles. The molecule has 1 heterocycles. The van der Waals surface area contributed by atoms with Gasteiger partial charge in [-0.1, -0.05) is 15.9 Å². The Hall–Kier alpha value is -1.26. The smallest absolute Gasteiger partial charge is 0.119 e. The van der Waals surface area contributed by atoms with Crippen LogP contribution in [0, 0.1) is 5.92 Å². The molecule has 2 aromatic rings. The lowest BCUT2D eigenvalue weighted by Crippen LogP contribution is -2.12. The molecule has 4 heteroatoms. The third kappa shape index (κ3) is 3.44. The number of hydrogen-bond acceptors (Lipinski definition) is 2. The van der Waals surface area contributed by atoms with Crippen LogP contribution in [-0.4, -0.2) is 11.2 Å². The summed E-state index contributed by atoms with van der Waals surface area (Å²) in [6, 6.07) is 10.2. The lowest BCUT2D eigenvalue weighted by atomic mass is 10.1. The number of halogens is 1. The van der Waals surface area contributed by atoms with Crippen LogP contribution >= 0.6 is 15.9 Å². The van der Waals surface area contributed by atoms with Gasteiger partial charge < -0.3 is 15.0 Å². The van der Waals surface area contributed by atoms with Gasteiger partial charge in [-0.05, 0) is 54.7 Å². The zero-order valence-electron chi connectivity index (χ0n) is 11.3. The molecule has 0 aliphatic heterocycles. The molecule has 0 amide bonds. The zero-order valence-corrected chi connectivity index (χ0v) is 12.9. The van der Waals surface area contributed by atoms with Gasteiger partial charge in [0.25, 0.3) is 0 Å². The minimum atomic E-state index is 0.212. The Morgan fingerprint density at radius 1 is 1.25 bits per heavy atom. The molecule has 0 saturated heterocycles. The molecule has 0 bridgehead atoms. The summed E-state index contributed by atoms with van der Waals surface area (Å²) in [5.41, 5.74) is 7.44. The molecule has 1 atom stereocenters. The maximum absolute atomic E-state index is 6.20. The maximum atomic E-state index is 6.20. The molecule has 1 unspecified atom stereocenters. The molecule has 0 radical (unpaired) electrons. The number of aromatic nitrogens is 1. The first-order valence-corrected chi connectivity index (χ1v) is 7.81. The molecule has 1 aromatic heterocycles. The van der Waals surface area contributed by atoms with Crippen molar-refractivity contribution in [1.29, 1.82) is 0 Å². The van der Waals surface area contributed by atoms with Gasteiger partial charge >= 0.3 is 0 Å². The van der Waals surface area contributed by atoms with Gasteiger partial charge in [0.2, 0.25) is 0 Å². The Balaban J connectivity index is 1.49. The predicted molar refractivity (Wildman–Crippen MR) is 83.7 cm³/mol. The van der Waals surface area contributed by atoms with Crippen LogP contribution < -0.4 is 10.5 Å². The number of benzene rings is 1. The number of nitrogens with two attached hydrogens (primary N) is 1. The van der Waals surface area contributed by atoms with E-state index in [4.69, 9.17) is 10.5 Å². The SMILES string of the molecule is NC(c1ccn(CCOc2ccc(Br)cc2)c1)C1CC1. The van der Waals surface area contributed by atoms with Crippen LogP contribution in [0.25, 0.3) is 0 Å². The molecule has 0 spiro atoms. The second-order valence-corrected chi connectivity index (χ2v) is 6.26. The summed E-state index contributed by atoms with van der Waals surface area (Å²) in [5.74, 6) is 1.60. The second-order valence-electron chi connectivity index (χ2n) is 5.35. The van der Waals surface area contributed by atoms with Gasteiger partial charge in [-0.3, -0.25) is 0 Å². The molecule has 20 heavy (non-hydrogen) atoms. The minimum Gasteiger partial charge on any atom is -0.492 e. The third-order valence-corrected chi connectivity index (χ3v) is 4.25. The fourth-order valence-electron chi connectivity index (χ4n) is 2.32. The highest BCUT2D eigenvalue weighted by Crippen LogP contribution is 2.39. The molecule has 1 fully saturated rings. The quantitative estimate of drug-likeness (QED) is 0.874. The fraction of sp³-hybridized carbons (Fsp3) is 0.375. The number of ether oxygens (including phenoxy) is 1. The van der Waals surface area contributed by atoms with Crippen molar-refractivity contribution in [3.63, 3.8) is 0 Å². The summed E-state index contributed by atoms with van der Waals surface area (Å²) in [6.45, 7) is 1.50. The van der Waals surface area contributed by atoms with Crippen molar-refractivity contribution in [3.8, 4) is 5.75 Å². The highest BCUT2D eigenvalue weighted by Gasteiger charge is 2.29. The van der Waals surface area contributed by atoms with Crippen LogP contribution in [-0.2, 0) is 6.54 Å². The predicted octanol–water partition coefficient (Wildman–Crippen LogP) is 3.74. The molecule has 1 saturated carbocycles. The van der Waals surface area contributed by atoms with Gasteiger partial charge in [-0.2, -0.15) is 0 Å². The Bertz CT molecular complexity index is 560. The maximum Gasteiger partial charge on any atom is 0.119 e. The summed E-state index contributed by atoms with van der Waals surface area (Å²) in [5, 5.41) is 0. The summed E-state index contributed by atoms with van der Waals surface area (Å²) < 4.78 is 8.93. The summed E-state index contributed by atoms with van der Waals surface area (Å²) in [4.78, 5) is 0. The van der Waals surface area contributed by atoms with Crippen molar-refractivity contribution in [1.82, 2.24) is 4.57 Å². The van der Waals surface area contributed by atoms with E-state index in [0.717, 1.165) is 16.8 Å². The first-order valence-electron chi connectivity index (χ1n) is 7.02. The van der Waals surface area contributed by atoms with E-state index in [9.17, 15) is 0 Å². The first-order chi connectivity index (χ1) is 9.72. The number of rotatable bonds is 6. The molecular formula is C16H19BrN2O. The van der Waals surface area contributed by atoms with Crippen LogP contribution in [0.5, 0.6) is 5.75 Å². The summed E-state index contributed by atoms with van der Waals surface area (Å²) in [6.07, 6.45) is 6.79. The van der Waals surface area contributed by atoms with E-state index in [0.29, 0.717) is 12.5 Å². The van der Waals surface area contributed by atoms with Crippen molar-refractivity contribution >= 4 is 15.9 Å². The van der Waals surface area contributed by atoms with E-state index < -0.39 is 0 Å². The Morgan fingerprint density at radius 2 is 2.00 bits per heavy atom. The lowest BCUT2D eigenvalue weighted by Gasteiger charge is -2.08. The molecule has 3 rings (SSSR count). The van der Waals surface area contributed by atoms with Crippen LogP contribution in [0.3, 0.4) is 0 Å². The second kappa shape index (κ2) is 6.02. The topological polar surface area (TPSA) is 40.2 Å². The standard InChI is InChI=1S/C16H19BrN2O/c17-14-3-5-15(6-4-14)20-10-9-19-8-7-13(11-19)16(18)12-1-2-12/h3-8,11-12,16H,1-2,9-10,18H2. The molecule has 106 valence electrons. The molecule has 1 aliphatic rings. The van der Waals surface area contributed by atoms with Gasteiger partial charge in [0, 0.05) is 22.9 Å². The molecule has 3 nitrogen and oxygen atoms in total. The number of nitrogens with zero attached hydrogens (tertiary/aromatic N) is 1. The average molecular weight is 335 g/mol. The van der Waals surface area contributed by atoms with Crippen molar-refractivity contribution < 1.29 is 4.74 Å². The molecule has 2 N–H and O–H groups in total. The lowest BCUT2D eigenvalue weighted by molar-refractivity contribution is 0.298. The van der Waals surface area contributed by atoms with E-state index in [-0.39, 0.29) is 6.04 Å². The van der Waals surface area contributed by atoms with Crippen molar-refractivity contribution in [2.24, 2.45) is 11.7 Å². The Labute approximate surface area is 127 Å². The molecular weight excluding hydrogens is 316 g/mol. The van der Waals surface area contributed by atoms with Crippen molar-refractivity contribution in [3.05, 3.63) is 52.8 Å². The minimum absolute atomic E-state index is 0.212. The van der Waals surface area contributed by atoms with Crippen LogP contribution in [0.15, 0.2) is 47.2 Å². The van der Waals surface area contributed by atoms with Gasteiger partial charge in [-0.15, -0.1) is 0 Å². The van der Waals surface area contributed by atoms with Gasteiger partial charge in [0.05, 0.1) is 6.54 Å². The van der Waals surface area contributed by atoms with E-state index in [1.54, 1.807) is 0 Å². The normalized spacial score (nSPS) is 16.1. The highest BCUT2D eigenvalue weighted by atomic mass is 79.9. The van der Waals surface area contributed by atoms with Crippen LogP contribution in [0.2, 0.25) is 0 Å². The summed E-state index contributed by atoms with van der Waals surface area (Å²) >= 11 is 3.41. The van der Waals surface area contributed by atoms with Gasteiger partial charge in [0.15, 0.2) is 0 Å². The zero-order chi connectivity index (χ0) is 13.9. The van der Waals surface area contributed by atoms with E-state index in [2.05, 4.69) is 39.0 Å². The monoisotopic (exact) mass is 334 g/mol. The van der Waals surface area contributed by atoms with Crippen LogP contribution in [0.4, 0.5) is 0 Å². The first kappa shape index (κ1) is 13.7. The van der Waals surface area contributed by atoms with Crippen molar-refractivity contribution in [2.45, 2.75) is 25.4 Å². The third-order valence-electron chi connectivity index (χ3n) is 3.72. The largest absolute Gasteiger partial charge is 0.492 e. The Morgan fingerprint density at radius 3 is 2.70 bits per heavy atom. The van der Waals surface area contributed by atoms with Crippen LogP contribution in [0.1, 0.15) is 24.4 Å². The highest BCUT2D eigenvalue weighted by molar-refractivity contribution is 9.10. The van der Waals surface area contributed by atoms with Crippen molar-refractivity contribution in [2.75, 3.05) is 6.61 Å². The molecule has 1 aromatic carbocycles. The van der Waals surface area contributed by atoms with E-state index in [1.165, 1.54) is 18.4 Å². The van der Waals surface area contributed by atoms with Gasteiger partial charge in [0.1, 0.15) is 12.4 Å². The van der Waals surface area contributed by atoms with E-state index >= 15 is 0 Å². The fourth-order valence-corrected chi connectivity index (χ4v) is 2.59. The van der Waals surface area contributed by atoms with E-state index in [1.807, 2.05) is 24.3 Å². The Kier molecular flexibility index (Phi) is 4.13.